The van der Waals surface area contributed by atoms with E-state index in [4.69, 9.17) is 5.73 Å². The highest BCUT2D eigenvalue weighted by atomic mass is 14.6. The summed E-state index contributed by atoms with van der Waals surface area (Å²) >= 11 is 0. The van der Waals surface area contributed by atoms with E-state index in [1.807, 2.05) is 0 Å². The summed E-state index contributed by atoms with van der Waals surface area (Å²) in [5.74, 6) is 7.68. The molecule has 1 saturated carbocycles. The van der Waals surface area contributed by atoms with Crippen molar-refractivity contribution in [1.82, 2.24) is 0 Å². The van der Waals surface area contributed by atoms with E-state index in [1.54, 1.807) is 0 Å². The van der Waals surface area contributed by atoms with Crippen LogP contribution in [0.15, 0.2) is 36.4 Å². The van der Waals surface area contributed by atoms with E-state index in [0.717, 1.165) is 24.1 Å². The third kappa shape index (κ3) is 4.69. The highest BCUT2D eigenvalue weighted by molar-refractivity contribution is 5.53. The highest BCUT2D eigenvalue weighted by Gasteiger charge is 2.31. The second kappa shape index (κ2) is 9.53. The minimum Gasteiger partial charge on any atom is -0.399 e. The molecule has 2 N–H and O–H groups in total. The summed E-state index contributed by atoms with van der Waals surface area (Å²) in [4.78, 5) is 0. The topological polar surface area (TPSA) is 26.0 Å². The number of benzene rings is 2. The zero-order valence-electron chi connectivity index (χ0n) is 18.8. The summed E-state index contributed by atoms with van der Waals surface area (Å²) in [7, 11) is 0. The molecule has 2 aromatic carbocycles. The largest absolute Gasteiger partial charge is 0.399 e. The molecule has 1 heteroatoms. The van der Waals surface area contributed by atoms with Crippen LogP contribution in [0.2, 0.25) is 0 Å². The first-order valence-corrected chi connectivity index (χ1v) is 11.5. The third-order valence-electron chi connectivity index (χ3n) is 7.07. The molecule has 1 nitrogen and oxygen atoms in total. The molecule has 1 aliphatic carbocycles. The highest BCUT2D eigenvalue weighted by Crippen LogP contribution is 2.40. The molecule has 1 fully saturated rings. The van der Waals surface area contributed by atoms with Gasteiger partial charge in [-0.1, -0.05) is 75.6 Å². The van der Waals surface area contributed by atoms with Crippen LogP contribution in [0.1, 0.15) is 93.0 Å². The summed E-state index contributed by atoms with van der Waals surface area (Å²) in [5, 5.41) is 0. The van der Waals surface area contributed by atoms with Gasteiger partial charge < -0.3 is 5.73 Å². The average Bonchev–Trinajstić information content (AvgIpc) is 3.00. The van der Waals surface area contributed by atoms with Gasteiger partial charge in [0.05, 0.1) is 0 Å². The molecule has 154 valence electrons. The van der Waals surface area contributed by atoms with Gasteiger partial charge in [0, 0.05) is 22.6 Å². The summed E-state index contributed by atoms with van der Waals surface area (Å²) in [6, 6.07) is 13.5. The Kier molecular flexibility index (Phi) is 7.07. The predicted molar refractivity (Wildman–Crippen MR) is 126 cm³/mol. The SMILES string of the molecule is CCC(CC)(c1ccc(N)c(C)c1)c1ccc(C#CC2CCCCCC2)c(C)c1. The number of anilines is 1. The van der Waals surface area contributed by atoms with E-state index in [1.165, 1.54) is 60.8 Å². The van der Waals surface area contributed by atoms with Crippen LogP contribution in [0.25, 0.3) is 0 Å². The van der Waals surface area contributed by atoms with Crippen LogP contribution < -0.4 is 5.73 Å². The molecule has 0 radical (unpaired) electrons. The molecule has 0 spiro atoms. The van der Waals surface area contributed by atoms with E-state index >= 15 is 0 Å². The maximum atomic E-state index is 6.09. The monoisotopic (exact) mass is 387 g/mol. The Balaban J connectivity index is 1.93. The van der Waals surface area contributed by atoms with Gasteiger partial charge in [0.15, 0.2) is 0 Å². The van der Waals surface area contributed by atoms with Gasteiger partial charge in [-0.05, 0) is 73.9 Å². The van der Waals surface area contributed by atoms with Gasteiger partial charge in [0.2, 0.25) is 0 Å². The Bertz CT molecular complexity index is 884. The molecule has 0 amide bonds. The normalized spacial score (nSPS) is 15.4. The fourth-order valence-corrected chi connectivity index (χ4v) is 4.91. The van der Waals surface area contributed by atoms with E-state index < -0.39 is 0 Å². The molecule has 2 aromatic rings. The molecule has 29 heavy (non-hydrogen) atoms. The standard InChI is InChI=1S/C28H37N/c1-5-28(6-2,26-17-18-27(29)22(4)20-26)25-16-15-24(21(3)19-25)14-13-23-11-9-7-8-10-12-23/h15-20,23H,5-12,29H2,1-4H3. The lowest BCUT2D eigenvalue weighted by molar-refractivity contribution is 0.478. The van der Waals surface area contributed by atoms with Crippen LogP contribution in [0, 0.1) is 31.6 Å². The number of hydrogen-bond acceptors (Lipinski definition) is 1. The van der Waals surface area contributed by atoms with Crippen LogP contribution in [-0.2, 0) is 5.41 Å². The number of nitrogen functional groups attached to an aromatic ring is 1. The molecule has 1 aliphatic rings. The van der Waals surface area contributed by atoms with Gasteiger partial charge in [-0.3, -0.25) is 0 Å². The van der Waals surface area contributed by atoms with Crippen molar-refractivity contribution in [3.05, 3.63) is 64.2 Å². The lowest BCUT2D eigenvalue weighted by Gasteiger charge is -2.34. The van der Waals surface area contributed by atoms with E-state index in [-0.39, 0.29) is 5.41 Å². The Hall–Kier alpha value is -2.20. The number of nitrogens with two attached hydrogens (primary N) is 1. The van der Waals surface area contributed by atoms with Crippen molar-refractivity contribution < 1.29 is 0 Å². The fraction of sp³-hybridized carbons (Fsp3) is 0.500. The predicted octanol–water partition coefficient (Wildman–Crippen LogP) is 7.31. The second-order valence-corrected chi connectivity index (χ2v) is 8.85. The molecule has 3 rings (SSSR count). The van der Waals surface area contributed by atoms with E-state index in [2.05, 4.69) is 75.9 Å². The van der Waals surface area contributed by atoms with Gasteiger partial charge in [-0.2, -0.15) is 0 Å². The Labute approximate surface area is 178 Å². The summed E-state index contributed by atoms with van der Waals surface area (Å²) < 4.78 is 0. The quantitative estimate of drug-likeness (QED) is 0.332. The average molecular weight is 388 g/mol. The Morgan fingerprint density at radius 1 is 0.862 bits per heavy atom. The lowest BCUT2D eigenvalue weighted by atomic mass is 9.70. The van der Waals surface area contributed by atoms with Crippen molar-refractivity contribution in [2.45, 2.75) is 84.5 Å². The number of aryl methyl sites for hydroxylation is 2. The zero-order valence-corrected chi connectivity index (χ0v) is 18.8. The molecular formula is C28H37N. The van der Waals surface area contributed by atoms with Crippen molar-refractivity contribution in [1.29, 1.82) is 0 Å². The molecule has 0 atom stereocenters. The molecule has 0 aliphatic heterocycles. The summed E-state index contributed by atoms with van der Waals surface area (Å²) in [6.07, 6.45) is 10.1. The van der Waals surface area contributed by atoms with Gasteiger partial charge in [-0.25, -0.2) is 0 Å². The van der Waals surface area contributed by atoms with Crippen molar-refractivity contribution >= 4 is 5.69 Å². The maximum Gasteiger partial charge on any atom is 0.0343 e. The first-order valence-electron chi connectivity index (χ1n) is 11.5. The molecule has 0 aromatic heterocycles. The van der Waals surface area contributed by atoms with E-state index in [9.17, 15) is 0 Å². The lowest BCUT2D eigenvalue weighted by Crippen LogP contribution is -2.26. The van der Waals surface area contributed by atoms with Gasteiger partial charge in [0.1, 0.15) is 0 Å². The van der Waals surface area contributed by atoms with Crippen LogP contribution in [-0.4, -0.2) is 0 Å². The second-order valence-electron chi connectivity index (χ2n) is 8.85. The van der Waals surface area contributed by atoms with Gasteiger partial charge in [0.25, 0.3) is 0 Å². The number of hydrogen-bond donors (Lipinski definition) is 1. The summed E-state index contributed by atoms with van der Waals surface area (Å²) in [5.41, 5.74) is 13.4. The van der Waals surface area contributed by atoms with Crippen LogP contribution in [0.4, 0.5) is 5.69 Å². The van der Waals surface area contributed by atoms with Crippen LogP contribution in [0.3, 0.4) is 0 Å². The smallest absolute Gasteiger partial charge is 0.0343 e. The Morgan fingerprint density at radius 3 is 2.00 bits per heavy atom. The third-order valence-corrected chi connectivity index (χ3v) is 7.07. The van der Waals surface area contributed by atoms with Gasteiger partial charge >= 0.3 is 0 Å². The Morgan fingerprint density at radius 2 is 1.45 bits per heavy atom. The van der Waals surface area contributed by atoms with Crippen LogP contribution >= 0.6 is 0 Å². The van der Waals surface area contributed by atoms with E-state index in [0.29, 0.717) is 5.92 Å². The molecule has 0 unspecified atom stereocenters. The molecule has 0 heterocycles. The first kappa shape index (κ1) is 21.5. The minimum atomic E-state index is 0.0243. The maximum absolute atomic E-state index is 6.09. The minimum absolute atomic E-state index is 0.0243. The first-order chi connectivity index (χ1) is 14.0. The van der Waals surface area contributed by atoms with Crippen molar-refractivity contribution in [2.75, 3.05) is 5.73 Å². The fourth-order valence-electron chi connectivity index (χ4n) is 4.91. The molecular weight excluding hydrogens is 350 g/mol. The summed E-state index contributed by atoms with van der Waals surface area (Å²) in [6.45, 7) is 8.91. The van der Waals surface area contributed by atoms with Crippen molar-refractivity contribution in [2.24, 2.45) is 5.92 Å². The zero-order chi connectivity index (χ0) is 20.9. The van der Waals surface area contributed by atoms with Gasteiger partial charge in [-0.15, -0.1) is 0 Å². The van der Waals surface area contributed by atoms with Crippen molar-refractivity contribution in [3.63, 3.8) is 0 Å². The van der Waals surface area contributed by atoms with Crippen molar-refractivity contribution in [3.8, 4) is 11.8 Å². The number of rotatable bonds is 4. The molecule has 0 bridgehead atoms. The molecule has 0 saturated heterocycles. The van der Waals surface area contributed by atoms with Crippen LogP contribution in [0.5, 0.6) is 0 Å².